The molecule has 0 unspecified atom stereocenters. The summed E-state index contributed by atoms with van der Waals surface area (Å²) >= 11 is 0. The van der Waals surface area contributed by atoms with Crippen LogP contribution < -0.4 is 5.32 Å². The van der Waals surface area contributed by atoms with Gasteiger partial charge in [-0.1, -0.05) is 20.8 Å². The Morgan fingerprint density at radius 3 is 2.62 bits per heavy atom. The van der Waals surface area contributed by atoms with Crippen molar-refractivity contribution in [3.05, 3.63) is 35.4 Å². The summed E-state index contributed by atoms with van der Waals surface area (Å²) in [5.41, 5.74) is 3.42. The summed E-state index contributed by atoms with van der Waals surface area (Å²) in [4.78, 5) is 0. The first-order valence-corrected chi connectivity index (χ1v) is 7.95. The molecule has 0 atom stereocenters. The normalized spacial score (nSPS) is 11.5. The van der Waals surface area contributed by atoms with Crippen molar-refractivity contribution in [1.82, 2.24) is 24.9 Å². The fraction of sp³-hybridized carbons (Fsp3) is 0.625. The first-order chi connectivity index (χ1) is 10.2. The predicted molar refractivity (Wildman–Crippen MR) is 85.3 cm³/mol. The molecule has 0 bridgehead atoms. The van der Waals surface area contributed by atoms with Gasteiger partial charge in [0.1, 0.15) is 0 Å². The molecule has 116 valence electrons. The van der Waals surface area contributed by atoms with Gasteiger partial charge in [0.15, 0.2) is 0 Å². The van der Waals surface area contributed by atoms with Crippen molar-refractivity contribution < 1.29 is 0 Å². The number of rotatable bonds is 8. The minimum Gasteiger partial charge on any atom is -0.313 e. The highest BCUT2D eigenvalue weighted by Gasteiger charge is 2.09. The zero-order valence-electron chi connectivity index (χ0n) is 13.6. The molecule has 0 spiro atoms. The lowest BCUT2D eigenvalue weighted by molar-refractivity contribution is 0.424. The highest BCUT2D eigenvalue weighted by molar-refractivity contribution is 5.16. The Morgan fingerprint density at radius 1 is 1.19 bits per heavy atom. The molecule has 2 aromatic rings. The van der Waals surface area contributed by atoms with Crippen LogP contribution in [0.3, 0.4) is 0 Å². The molecule has 21 heavy (non-hydrogen) atoms. The fourth-order valence-corrected chi connectivity index (χ4v) is 2.57. The Bertz CT molecular complexity index is 551. The molecule has 0 aliphatic carbocycles. The average Bonchev–Trinajstić information content (AvgIpc) is 3.06. The molecule has 0 aliphatic rings. The van der Waals surface area contributed by atoms with Crippen LogP contribution in [0.5, 0.6) is 0 Å². The van der Waals surface area contributed by atoms with Crippen molar-refractivity contribution in [2.45, 2.75) is 59.7 Å². The molecule has 0 radical (unpaired) electrons. The van der Waals surface area contributed by atoms with Gasteiger partial charge in [0.25, 0.3) is 0 Å². The number of aromatic nitrogens is 4. The van der Waals surface area contributed by atoms with Crippen LogP contribution in [-0.4, -0.2) is 26.1 Å². The summed E-state index contributed by atoms with van der Waals surface area (Å²) in [5, 5.41) is 12.6. The maximum Gasteiger partial charge on any atom is 0.0850 e. The van der Waals surface area contributed by atoms with Gasteiger partial charge in [0, 0.05) is 24.5 Å². The Hall–Kier alpha value is -1.62. The number of aryl methyl sites for hydroxylation is 1. The molecule has 5 heteroatoms. The summed E-state index contributed by atoms with van der Waals surface area (Å²) in [6, 6.07) is 2.60. The van der Waals surface area contributed by atoms with Gasteiger partial charge in [-0.25, -0.2) is 0 Å². The third-order valence-electron chi connectivity index (χ3n) is 3.92. The summed E-state index contributed by atoms with van der Waals surface area (Å²) in [5.74, 6) is 0. The van der Waals surface area contributed by atoms with Crippen LogP contribution in [0.25, 0.3) is 0 Å². The molecule has 5 nitrogen and oxygen atoms in total. The molecule has 0 amide bonds. The lowest BCUT2D eigenvalue weighted by Gasteiger charge is -2.12. The molecule has 2 rings (SSSR count). The van der Waals surface area contributed by atoms with E-state index in [1.165, 1.54) is 5.56 Å². The van der Waals surface area contributed by atoms with E-state index in [0.717, 1.165) is 43.9 Å². The summed E-state index contributed by atoms with van der Waals surface area (Å²) in [7, 11) is 0. The van der Waals surface area contributed by atoms with Crippen LogP contribution in [0, 0.1) is 6.92 Å². The molecule has 0 fully saturated rings. The minimum absolute atomic E-state index is 0.502. The molecule has 0 saturated carbocycles. The number of nitrogens with zero attached hydrogens (tertiary/aromatic N) is 4. The van der Waals surface area contributed by atoms with Crippen LogP contribution in [0.15, 0.2) is 18.5 Å². The lowest BCUT2D eigenvalue weighted by Crippen LogP contribution is -2.11. The fourth-order valence-electron chi connectivity index (χ4n) is 2.57. The van der Waals surface area contributed by atoms with Crippen LogP contribution >= 0.6 is 0 Å². The first kappa shape index (κ1) is 15.8. The van der Waals surface area contributed by atoms with E-state index in [1.807, 2.05) is 4.68 Å². The van der Waals surface area contributed by atoms with Crippen molar-refractivity contribution in [3.63, 3.8) is 0 Å². The van der Waals surface area contributed by atoms with E-state index >= 15 is 0 Å². The van der Waals surface area contributed by atoms with E-state index in [4.69, 9.17) is 0 Å². The van der Waals surface area contributed by atoms with Gasteiger partial charge in [-0.15, -0.1) is 0 Å². The van der Waals surface area contributed by atoms with Crippen molar-refractivity contribution in [3.8, 4) is 0 Å². The van der Waals surface area contributed by atoms with Crippen LogP contribution in [-0.2, 0) is 13.1 Å². The van der Waals surface area contributed by atoms with Crippen LogP contribution in [0.1, 0.15) is 56.6 Å². The monoisotopic (exact) mass is 289 g/mol. The van der Waals surface area contributed by atoms with Crippen molar-refractivity contribution in [2.24, 2.45) is 0 Å². The Labute approximate surface area is 127 Å². The van der Waals surface area contributed by atoms with Gasteiger partial charge in [0.2, 0.25) is 0 Å². The molecule has 1 N–H and O–H groups in total. The molecule has 0 aliphatic heterocycles. The maximum absolute atomic E-state index is 4.69. The molecular formula is C16H27N5. The third-order valence-corrected chi connectivity index (χ3v) is 3.92. The van der Waals surface area contributed by atoms with E-state index in [9.17, 15) is 0 Å². The Balaban J connectivity index is 2.05. The Morgan fingerprint density at radius 2 is 1.95 bits per heavy atom. The maximum atomic E-state index is 4.69. The molecule has 0 saturated heterocycles. The van der Waals surface area contributed by atoms with Gasteiger partial charge < -0.3 is 5.32 Å². The van der Waals surface area contributed by atoms with Gasteiger partial charge in [-0.05, 0) is 32.4 Å². The van der Waals surface area contributed by atoms with Crippen LogP contribution in [0.4, 0.5) is 0 Å². The standard InChI is InChI=1S/C16H27N5/c1-5-16(6-2)21-9-8-15(19-21)12-20-11-14(10-17-7-3)13(4)18-20/h8-9,11,16-17H,5-7,10,12H2,1-4H3. The predicted octanol–water partition coefficient (Wildman–Crippen LogP) is 2.91. The second kappa shape index (κ2) is 7.41. The number of hydrogen-bond donors (Lipinski definition) is 1. The zero-order valence-corrected chi connectivity index (χ0v) is 13.6. The minimum atomic E-state index is 0.502. The third kappa shape index (κ3) is 3.94. The van der Waals surface area contributed by atoms with Gasteiger partial charge in [-0.2, -0.15) is 10.2 Å². The smallest absolute Gasteiger partial charge is 0.0850 e. The quantitative estimate of drug-likeness (QED) is 0.813. The molecule has 2 heterocycles. The summed E-state index contributed by atoms with van der Waals surface area (Å²) < 4.78 is 4.08. The highest BCUT2D eigenvalue weighted by Crippen LogP contribution is 2.15. The number of nitrogens with one attached hydrogen (secondary N) is 1. The van der Waals surface area contributed by atoms with E-state index in [2.05, 4.69) is 66.4 Å². The topological polar surface area (TPSA) is 47.7 Å². The Kier molecular flexibility index (Phi) is 5.56. The first-order valence-electron chi connectivity index (χ1n) is 7.95. The largest absolute Gasteiger partial charge is 0.313 e. The zero-order chi connectivity index (χ0) is 15.2. The summed E-state index contributed by atoms with van der Waals surface area (Å²) in [6.07, 6.45) is 6.44. The second-order valence-electron chi connectivity index (χ2n) is 5.48. The van der Waals surface area contributed by atoms with E-state index in [0.29, 0.717) is 6.04 Å². The van der Waals surface area contributed by atoms with Crippen molar-refractivity contribution >= 4 is 0 Å². The van der Waals surface area contributed by atoms with Crippen LogP contribution in [0.2, 0.25) is 0 Å². The van der Waals surface area contributed by atoms with E-state index in [-0.39, 0.29) is 0 Å². The lowest BCUT2D eigenvalue weighted by atomic mass is 10.2. The van der Waals surface area contributed by atoms with Crippen molar-refractivity contribution in [1.29, 1.82) is 0 Å². The highest BCUT2D eigenvalue weighted by atomic mass is 15.3. The molecule has 2 aromatic heterocycles. The average molecular weight is 289 g/mol. The van der Waals surface area contributed by atoms with Crippen molar-refractivity contribution in [2.75, 3.05) is 6.54 Å². The number of hydrogen-bond acceptors (Lipinski definition) is 3. The SMILES string of the molecule is CCNCc1cn(Cc2ccn(C(CC)CC)n2)nc1C. The van der Waals surface area contributed by atoms with Gasteiger partial charge in [0.05, 0.1) is 24.0 Å². The van der Waals surface area contributed by atoms with Gasteiger partial charge >= 0.3 is 0 Å². The second-order valence-corrected chi connectivity index (χ2v) is 5.48. The van der Waals surface area contributed by atoms with E-state index < -0.39 is 0 Å². The van der Waals surface area contributed by atoms with Gasteiger partial charge in [-0.3, -0.25) is 9.36 Å². The molecular weight excluding hydrogens is 262 g/mol. The summed E-state index contributed by atoms with van der Waals surface area (Å²) in [6.45, 7) is 11.2. The molecule has 0 aromatic carbocycles. The van der Waals surface area contributed by atoms with E-state index in [1.54, 1.807) is 0 Å².